The van der Waals surface area contributed by atoms with E-state index in [4.69, 9.17) is 14.2 Å². The first-order valence-corrected chi connectivity index (χ1v) is 13.3. The third-order valence-corrected chi connectivity index (χ3v) is 6.83. The van der Waals surface area contributed by atoms with Crippen LogP contribution < -0.4 is 19.5 Å². The molecule has 4 aromatic rings. The Morgan fingerprint density at radius 3 is 2.60 bits per heavy atom. The summed E-state index contributed by atoms with van der Waals surface area (Å²) in [7, 11) is 1.59. The molecule has 0 radical (unpaired) electrons. The number of hydrogen-bond donors (Lipinski definition) is 1. The Hall–Kier alpha value is -4.60. The first-order chi connectivity index (χ1) is 19.4. The largest absolute Gasteiger partial charge is 0.497 e. The number of amides is 2. The average Bonchev–Trinajstić information content (AvgIpc) is 3.59. The molecule has 0 aliphatic carbocycles. The van der Waals surface area contributed by atoms with Crippen LogP contribution in [0.25, 0.3) is 11.0 Å². The van der Waals surface area contributed by atoms with E-state index in [2.05, 4.69) is 29.5 Å². The second-order valence-electron chi connectivity index (χ2n) is 10.1. The molecule has 0 saturated heterocycles. The van der Waals surface area contributed by atoms with Crippen LogP contribution >= 0.6 is 0 Å². The van der Waals surface area contributed by atoms with Crippen molar-refractivity contribution >= 4 is 22.8 Å². The maximum Gasteiger partial charge on any atom is 0.247 e. The van der Waals surface area contributed by atoms with Crippen LogP contribution in [0.1, 0.15) is 37.4 Å². The van der Waals surface area contributed by atoms with Gasteiger partial charge in [0.05, 0.1) is 12.6 Å². The second-order valence-corrected chi connectivity index (χ2v) is 10.1. The third kappa shape index (κ3) is 6.01. The minimum absolute atomic E-state index is 0.0863. The lowest BCUT2D eigenvalue weighted by Crippen LogP contribution is -2.45. The number of methoxy groups -OCH3 is 1. The monoisotopic (exact) mass is 543 g/mol. The van der Waals surface area contributed by atoms with Gasteiger partial charge in [-0.15, -0.1) is 5.10 Å². The van der Waals surface area contributed by atoms with Crippen molar-refractivity contribution in [3.63, 3.8) is 0 Å². The van der Waals surface area contributed by atoms with Crippen LogP contribution in [-0.2, 0) is 22.7 Å². The smallest absolute Gasteiger partial charge is 0.247 e. The molecule has 5 rings (SSSR count). The molecule has 3 aromatic carbocycles. The van der Waals surface area contributed by atoms with E-state index in [9.17, 15) is 9.59 Å². The standard InChI is InChI=1S/C30H33N5O5/c1-20(2)14-15-31-30(37)29(22-9-11-23(38-3)12-10-22)34(17-21-8-13-26-27(16-21)40-19-39-26)28(36)18-35-25-7-5-4-6-24(25)32-33-35/h4-13,16,20,29H,14-15,17-19H2,1-3H3,(H,31,37)/t29-/m0/s1. The first-order valence-electron chi connectivity index (χ1n) is 13.3. The van der Waals surface area contributed by atoms with E-state index in [1.54, 1.807) is 28.8 Å². The summed E-state index contributed by atoms with van der Waals surface area (Å²) in [4.78, 5) is 29.5. The summed E-state index contributed by atoms with van der Waals surface area (Å²) in [5.41, 5.74) is 2.90. The van der Waals surface area contributed by atoms with Crippen molar-refractivity contribution in [1.29, 1.82) is 0 Å². The number of aromatic nitrogens is 3. The van der Waals surface area contributed by atoms with Crippen molar-refractivity contribution < 1.29 is 23.8 Å². The zero-order valence-corrected chi connectivity index (χ0v) is 22.9. The number of ether oxygens (including phenoxy) is 3. The quantitative estimate of drug-likeness (QED) is 0.303. The van der Waals surface area contributed by atoms with Crippen molar-refractivity contribution in [1.82, 2.24) is 25.2 Å². The maximum atomic E-state index is 14.1. The van der Waals surface area contributed by atoms with E-state index < -0.39 is 6.04 Å². The summed E-state index contributed by atoms with van der Waals surface area (Å²) in [6.07, 6.45) is 0.822. The molecule has 2 amide bonds. The molecular formula is C30H33N5O5. The maximum absolute atomic E-state index is 14.1. The Bertz CT molecular complexity index is 1480. The number of rotatable bonds is 11. The van der Waals surface area contributed by atoms with Gasteiger partial charge in [-0.25, -0.2) is 4.68 Å². The van der Waals surface area contributed by atoms with Crippen LogP contribution in [0.2, 0.25) is 0 Å². The summed E-state index contributed by atoms with van der Waals surface area (Å²) in [6, 6.07) is 19.3. The number of nitrogens with one attached hydrogen (secondary N) is 1. The first kappa shape index (κ1) is 27.0. The van der Waals surface area contributed by atoms with Gasteiger partial charge in [0.1, 0.15) is 23.9 Å². The molecular weight excluding hydrogens is 510 g/mol. The lowest BCUT2D eigenvalue weighted by atomic mass is 10.0. The predicted molar refractivity (Wildman–Crippen MR) is 149 cm³/mol. The summed E-state index contributed by atoms with van der Waals surface area (Å²) >= 11 is 0. The van der Waals surface area contributed by atoms with Crippen LogP contribution in [0.3, 0.4) is 0 Å². The van der Waals surface area contributed by atoms with Crippen molar-refractivity contribution in [2.24, 2.45) is 5.92 Å². The summed E-state index contributed by atoms with van der Waals surface area (Å²) < 4.78 is 17.9. The zero-order valence-electron chi connectivity index (χ0n) is 22.9. The Labute approximate surface area is 232 Å². The van der Waals surface area contributed by atoms with E-state index in [1.807, 2.05) is 54.6 Å². The Kier molecular flexibility index (Phi) is 8.14. The van der Waals surface area contributed by atoms with Crippen LogP contribution in [-0.4, -0.2) is 52.2 Å². The normalized spacial score (nSPS) is 12.9. The van der Waals surface area contributed by atoms with Crippen molar-refractivity contribution in [2.45, 2.75) is 39.4 Å². The van der Waals surface area contributed by atoms with E-state index in [1.165, 1.54) is 0 Å². The number of carbonyl (C=O) groups excluding carboxylic acids is 2. The Morgan fingerprint density at radius 2 is 1.82 bits per heavy atom. The number of nitrogens with zero attached hydrogens (tertiary/aromatic N) is 4. The predicted octanol–water partition coefficient (Wildman–Crippen LogP) is 4.10. The molecule has 0 fully saturated rings. The van der Waals surface area contributed by atoms with Crippen molar-refractivity contribution in [2.75, 3.05) is 20.4 Å². The minimum atomic E-state index is -0.897. The van der Waals surface area contributed by atoms with Crippen LogP contribution in [0.5, 0.6) is 17.2 Å². The lowest BCUT2D eigenvalue weighted by molar-refractivity contribution is -0.142. The molecule has 0 bridgehead atoms. The molecule has 208 valence electrons. The van der Waals surface area contributed by atoms with E-state index >= 15 is 0 Å². The van der Waals surface area contributed by atoms with Crippen molar-refractivity contribution in [3.8, 4) is 17.2 Å². The highest BCUT2D eigenvalue weighted by molar-refractivity contribution is 5.89. The van der Waals surface area contributed by atoms with Gasteiger partial charge in [0, 0.05) is 13.1 Å². The topological polar surface area (TPSA) is 108 Å². The number of benzene rings is 3. The number of para-hydroxylation sites is 1. The molecule has 1 atom stereocenters. The second kappa shape index (κ2) is 12.1. The molecule has 10 nitrogen and oxygen atoms in total. The van der Waals surface area contributed by atoms with Gasteiger partial charge in [-0.05, 0) is 59.9 Å². The van der Waals surface area contributed by atoms with E-state index in [-0.39, 0.29) is 31.7 Å². The minimum Gasteiger partial charge on any atom is -0.497 e. The van der Waals surface area contributed by atoms with Gasteiger partial charge in [-0.1, -0.05) is 49.4 Å². The fraction of sp³-hybridized carbons (Fsp3) is 0.333. The van der Waals surface area contributed by atoms with Crippen LogP contribution in [0.15, 0.2) is 66.7 Å². The van der Waals surface area contributed by atoms with Crippen LogP contribution in [0.4, 0.5) is 0 Å². The Balaban J connectivity index is 1.52. The highest BCUT2D eigenvalue weighted by atomic mass is 16.7. The summed E-state index contributed by atoms with van der Waals surface area (Å²) in [5, 5.41) is 11.4. The van der Waals surface area contributed by atoms with E-state index in [0.29, 0.717) is 40.8 Å². The summed E-state index contributed by atoms with van der Waals surface area (Å²) in [5.74, 6) is 1.79. The van der Waals surface area contributed by atoms with Gasteiger partial charge in [0.25, 0.3) is 0 Å². The fourth-order valence-corrected chi connectivity index (χ4v) is 4.65. The molecule has 1 aliphatic rings. The van der Waals surface area contributed by atoms with Gasteiger partial charge in [-0.3, -0.25) is 9.59 Å². The van der Waals surface area contributed by atoms with Gasteiger partial charge >= 0.3 is 0 Å². The molecule has 1 N–H and O–H groups in total. The molecule has 1 aromatic heterocycles. The average molecular weight is 544 g/mol. The van der Waals surface area contributed by atoms with Gasteiger partial charge in [0.2, 0.25) is 18.6 Å². The number of fused-ring (bicyclic) bond motifs is 2. The molecule has 2 heterocycles. The zero-order chi connectivity index (χ0) is 28.1. The lowest BCUT2D eigenvalue weighted by Gasteiger charge is -2.32. The van der Waals surface area contributed by atoms with E-state index in [0.717, 1.165) is 17.5 Å². The number of hydrogen-bond acceptors (Lipinski definition) is 7. The Morgan fingerprint density at radius 1 is 1.05 bits per heavy atom. The SMILES string of the molecule is COc1ccc([C@@H](C(=O)NCCC(C)C)N(Cc2ccc3c(c2)OCO3)C(=O)Cn2nnc3ccccc32)cc1. The third-order valence-electron chi connectivity index (χ3n) is 6.83. The highest BCUT2D eigenvalue weighted by Gasteiger charge is 2.32. The summed E-state index contributed by atoms with van der Waals surface area (Å²) in [6.45, 7) is 4.93. The van der Waals surface area contributed by atoms with Gasteiger partial charge in [0.15, 0.2) is 11.5 Å². The molecule has 40 heavy (non-hydrogen) atoms. The van der Waals surface area contributed by atoms with Gasteiger partial charge in [-0.2, -0.15) is 0 Å². The molecule has 0 saturated carbocycles. The fourth-order valence-electron chi connectivity index (χ4n) is 4.65. The number of carbonyl (C=O) groups is 2. The van der Waals surface area contributed by atoms with Gasteiger partial charge < -0.3 is 24.4 Å². The molecule has 1 aliphatic heterocycles. The molecule has 10 heteroatoms. The highest BCUT2D eigenvalue weighted by Crippen LogP contribution is 2.34. The molecule has 0 spiro atoms. The molecule has 0 unspecified atom stereocenters. The van der Waals surface area contributed by atoms with Crippen molar-refractivity contribution in [3.05, 3.63) is 77.9 Å². The van der Waals surface area contributed by atoms with Crippen LogP contribution in [0, 0.1) is 5.92 Å².